The van der Waals surface area contributed by atoms with Crippen LogP contribution in [0.3, 0.4) is 0 Å². The summed E-state index contributed by atoms with van der Waals surface area (Å²) in [6.07, 6.45) is 4.80. The number of rotatable bonds is 9. The number of hydrogen-bond acceptors (Lipinski definition) is 3. The highest BCUT2D eigenvalue weighted by molar-refractivity contribution is 4.49. The molecule has 3 heteroatoms. The summed E-state index contributed by atoms with van der Waals surface area (Å²) >= 11 is 0. The van der Waals surface area contributed by atoms with E-state index in [0.717, 1.165) is 13.0 Å². The van der Waals surface area contributed by atoms with Crippen molar-refractivity contribution in [2.45, 2.75) is 58.8 Å². The Morgan fingerprint density at radius 2 is 1.79 bits per heavy atom. The lowest BCUT2D eigenvalue weighted by atomic mass is 10.2. The molecule has 2 atom stereocenters. The fourth-order valence-corrected chi connectivity index (χ4v) is 1.11. The van der Waals surface area contributed by atoms with Gasteiger partial charge >= 0.3 is 0 Å². The van der Waals surface area contributed by atoms with Crippen LogP contribution in [0.15, 0.2) is 0 Å². The predicted molar refractivity (Wildman–Crippen MR) is 59.2 cm³/mol. The minimum Gasteiger partial charge on any atom is -0.353 e. The third-order valence-electron chi connectivity index (χ3n) is 1.94. The van der Waals surface area contributed by atoms with Gasteiger partial charge in [0.1, 0.15) is 0 Å². The Morgan fingerprint density at radius 1 is 1.07 bits per heavy atom. The first-order chi connectivity index (χ1) is 6.66. The summed E-state index contributed by atoms with van der Waals surface area (Å²) in [5.74, 6) is 0. The van der Waals surface area contributed by atoms with Gasteiger partial charge in [-0.3, -0.25) is 0 Å². The Hall–Kier alpha value is -0.120. The SMILES string of the molecule is CCCCCCOC(C)OCC(C)N. The predicted octanol–water partition coefficient (Wildman–Crippen LogP) is 2.29. The average molecular weight is 203 g/mol. The maximum absolute atomic E-state index is 5.55. The second-order valence-corrected chi connectivity index (χ2v) is 3.81. The molecule has 3 nitrogen and oxygen atoms in total. The van der Waals surface area contributed by atoms with E-state index in [1.807, 2.05) is 13.8 Å². The smallest absolute Gasteiger partial charge is 0.154 e. The molecule has 14 heavy (non-hydrogen) atoms. The van der Waals surface area contributed by atoms with Gasteiger partial charge in [0.2, 0.25) is 0 Å². The van der Waals surface area contributed by atoms with Gasteiger partial charge in [-0.15, -0.1) is 0 Å². The summed E-state index contributed by atoms with van der Waals surface area (Å²) in [5.41, 5.74) is 5.55. The minimum atomic E-state index is -0.123. The normalized spacial score (nSPS) is 15.4. The minimum absolute atomic E-state index is 0.0844. The van der Waals surface area contributed by atoms with E-state index in [1.165, 1.54) is 19.3 Å². The van der Waals surface area contributed by atoms with E-state index in [1.54, 1.807) is 0 Å². The highest BCUT2D eigenvalue weighted by atomic mass is 16.7. The summed E-state index contributed by atoms with van der Waals surface area (Å²) in [5, 5.41) is 0. The van der Waals surface area contributed by atoms with Crippen molar-refractivity contribution in [3.05, 3.63) is 0 Å². The zero-order chi connectivity index (χ0) is 10.8. The van der Waals surface area contributed by atoms with Crippen LogP contribution >= 0.6 is 0 Å². The van der Waals surface area contributed by atoms with E-state index in [-0.39, 0.29) is 12.3 Å². The molecule has 0 rings (SSSR count). The second kappa shape index (κ2) is 9.44. The van der Waals surface area contributed by atoms with Crippen molar-refractivity contribution < 1.29 is 9.47 Å². The van der Waals surface area contributed by atoms with Crippen molar-refractivity contribution in [3.8, 4) is 0 Å². The first-order valence-corrected chi connectivity index (χ1v) is 5.65. The van der Waals surface area contributed by atoms with Crippen molar-refractivity contribution in [3.63, 3.8) is 0 Å². The fourth-order valence-electron chi connectivity index (χ4n) is 1.11. The molecule has 0 aliphatic rings. The summed E-state index contributed by atoms with van der Waals surface area (Å²) in [7, 11) is 0. The van der Waals surface area contributed by atoms with Crippen LogP contribution in [0.2, 0.25) is 0 Å². The zero-order valence-corrected chi connectivity index (χ0v) is 9.79. The van der Waals surface area contributed by atoms with Crippen LogP contribution in [0.4, 0.5) is 0 Å². The molecule has 0 aliphatic carbocycles. The molecule has 0 fully saturated rings. The molecule has 0 aromatic rings. The van der Waals surface area contributed by atoms with Crippen LogP contribution in [0, 0.1) is 0 Å². The third-order valence-corrected chi connectivity index (χ3v) is 1.94. The van der Waals surface area contributed by atoms with Crippen molar-refractivity contribution >= 4 is 0 Å². The number of hydrogen-bond donors (Lipinski definition) is 1. The number of ether oxygens (including phenoxy) is 2. The zero-order valence-electron chi connectivity index (χ0n) is 9.79. The molecule has 0 aromatic heterocycles. The molecule has 2 unspecified atom stereocenters. The molecular formula is C11H25NO2. The van der Waals surface area contributed by atoms with Crippen LogP contribution in [0.5, 0.6) is 0 Å². The summed E-state index contributed by atoms with van der Waals surface area (Å²) in [4.78, 5) is 0. The first kappa shape index (κ1) is 13.9. The van der Waals surface area contributed by atoms with E-state index in [0.29, 0.717) is 6.61 Å². The van der Waals surface area contributed by atoms with Crippen LogP contribution in [-0.4, -0.2) is 25.5 Å². The first-order valence-electron chi connectivity index (χ1n) is 5.65. The Morgan fingerprint density at radius 3 is 2.36 bits per heavy atom. The summed E-state index contributed by atoms with van der Waals surface area (Å²) in [6, 6.07) is 0.0844. The van der Waals surface area contributed by atoms with Crippen LogP contribution in [0.25, 0.3) is 0 Å². The van der Waals surface area contributed by atoms with Gasteiger partial charge in [-0.05, 0) is 20.3 Å². The molecule has 0 aromatic carbocycles. The van der Waals surface area contributed by atoms with Gasteiger partial charge in [0.15, 0.2) is 6.29 Å². The molecule has 0 saturated carbocycles. The highest BCUT2D eigenvalue weighted by Gasteiger charge is 2.02. The maximum atomic E-state index is 5.55. The Labute approximate surface area is 88.0 Å². The monoisotopic (exact) mass is 203 g/mol. The molecular weight excluding hydrogens is 178 g/mol. The van der Waals surface area contributed by atoms with Gasteiger partial charge in [0, 0.05) is 12.6 Å². The molecule has 0 bridgehead atoms. The Balaban J connectivity index is 3.14. The van der Waals surface area contributed by atoms with E-state index >= 15 is 0 Å². The van der Waals surface area contributed by atoms with E-state index in [4.69, 9.17) is 15.2 Å². The molecule has 0 aliphatic heterocycles. The topological polar surface area (TPSA) is 44.5 Å². The second-order valence-electron chi connectivity index (χ2n) is 3.81. The number of unbranched alkanes of at least 4 members (excludes halogenated alkanes) is 3. The molecule has 0 saturated heterocycles. The summed E-state index contributed by atoms with van der Waals surface area (Å²) < 4.78 is 10.8. The van der Waals surface area contributed by atoms with Gasteiger partial charge in [-0.2, -0.15) is 0 Å². The molecule has 2 N–H and O–H groups in total. The van der Waals surface area contributed by atoms with Gasteiger partial charge in [0.05, 0.1) is 6.61 Å². The average Bonchev–Trinajstić information content (AvgIpc) is 2.14. The van der Waals surface area contributed by atoms with E-state index < -0.39 is 0 Å². The van der Waals surface area contributed by atoms with E-state index in [2.05, 4.69) is 6.92 Å². The lowest BCUT2D eigenvalue weighted by molar-refractivity contribution is -0.133. The van der Waals surface area contributed by atoms with E-state index in [9.17, 15) is 0 Å². The number of nitrogens with two attached hydrogens (primary N) is 1. The highest BCUT2D eigenvalue weighted by Crippen LogP contribution is 2.01. The lowest BCUT2D eigenvalue weighted by Gasteiger charge is -2.15. The third kappa shape index (κ3) is 9.96. The van der Waals surface area contributed by atoms with Crippen molar-refractivity contribution in [2.75, 3.05) is 13.2 Å². The molecule has 0 heterocycles. The van der Waals surface area contributed by atoms with Gasteiger partial charge in [-0.25, -0.2) is 0 Å². The Bertz CT molecular complexity index is 118. The van der Waals surface area contributed by atoms with Gasteiger partial charge < -0.3 is 15.2 Å². The molecule has 0 spiro atoms. The van der Waals surface area contributed by atoms with Crippen LogP contribution in [-0.2, 0) is 9.47 Å². The quantitative estimate of drug-likeness (QED) is 0.462. The molecule has 86 valence electrons. The summed E-state index contributed by atoms with van der Waals surface area (Å²) in [6.45, 7) is 7.40. The fraction of sp³-hybridized carbons (Fsp3) is 1.00. The van der Waals surface area contributed by atoms with Crippen LogP contribution < -0.4 is 5.73 Å². The van der Waals surface area contributed by atoms with Gasteiger partial charge in [-0.1, -0.05) is 26.2 Å². The lowest BCUT2D eigenvalue weighted by Crippen LogP contribution is -2.26. The standard InChI is InChI=1S/C11H25NO2/c1-4-5-6-7-8-13-11(3)14-9-10(2)12/h10-11H,4-9,12H2,1-3H3. The van der Waals surface area contributed by atoms with Crippen molar-refractivity contribution in [1.29, 1.82) is 0 Å². The van der Waals surface area contributed by atoms with Crippen LogP contribution in [0.1, 0.15) is 46.5 Å². The van der Waals surface area contributed by atoms with Gasteiger partial charge in [0.25, 0.3) is 0 Å². The Kier molecular flexibility index (Phi) is 9.35. The van der Waals surface area contributed by atoms with Crippen molar-refractivity contribution in [2.24, 2.45) is 5.73 Å². The van der Waals surface area contributed by atoms with Crippen molar-refractivity contribution in [1.82, 2.24) is 0 Å². The molecule has 0 radical (unpaired) electrons. The largest absolute Gasteiger partial charge is 0.353 e. The maximum Gasteiger partial charge on any atom is 0.154 e. The molecule has 0 amide bonds.